The molecular weight excluding hydrogens is 252 g/mol. The van der Waals surface area contributed by atoms with Crippen LogP contribution in [-0.4, -0.2) is 25.2 Å². The Bertz CT molecular complexity index is 493. The molecule has 0 radical (unpaired) electrons. The van der Waals surface area contributed by atoms with Crippen LogP contribution in [0.15, 0.2) is 5.03 Å². The van der Waals surface area contributed by atoms with Gasteiger partial charge in [0.05, 0.1) is 0 Å². The molecule has 0 spiro atoms. The fraction of sp³-hybridized carbons (Fsp3) is 0.727. The van der Waals surface area contributed by atoms with Crippen molar-refractivity contribution in [1.82, 2.24) is 14.9 Å². The number of rotatable bonds is 6. The Balaban J connectivity index is 2.87. The van der Waals surface area contributed by atoms with E-state index in [0.29, 0.717) is 23.7 Å². The minimum atomic E-state index is -3.58. The van der Waals surface area contributed by atoms with Gasteiger partial charge in [0.25, 0.3) is 10.0 Å². The summed E-state index contributed by atoms with van der Waals surface area (Å²) in [5.41, 5.74) is 6.78. The average Bonchev–Trinajstić information content (AvgIpc) is 2.67. The predicted molar refractivity (Wildman–Crippen MR) is 70.4 cm³/mol. The number of nitrogens with one attached hydrogen (secondary N) is 2. The van der Waals surface area contributed by atoms with Crippen LogP contribution in [0.4, 0.5) is 0 Å². The summed E-state index contributed by atoms with van der Waals surface area (Å²) in [5, 5.41) is 6.49. The number of aryl methyl sites for hydroxylation is 1. The van der Waals surface area contributed by atoms with Crippen molar-refractivity contribution >= 4 is 10.0 Å². The number of hydrogen-bond donors (Lipinski definition) is 3. The number of sulfonamides is 1. The lowest BCUT2D eigenvalue weighted by Crippen LogP contribution is -2.31. The van der Waals surface area contributed by atoms with E-state index in [-0.39, 0.29) is 17.5 Å². The first-order chi connectivity index (χ1) is 8.29. The van der Waals surface area contributed by atoms with Crippen molar-refractivity contribution in [2.75, 3.05) is 6.54 Å². The van der Waals surface area contributed by atoms with Gasteiger partial charge in [-0.05, 0) is 18.8 Å². The van der Waals surface area contributed by atoms with Gasteiger partial charge in [-0.2, -0.15) is 5.10 Å². The Morgan fingerprint density at radius 1 is 1.39 bits per heavy atom. The predicted octanol–water partition coefficient (Wildman–Crippen LogP) is 0.747. The second-order valence-electron chi connectivity index (χ2n) is 4.91. The van der Waals surface area contributed by atoms with Crippen molar-refractivity contribution in [2.24, 2.45) is 17.6 Å². The molecule has 0 aromatic carbocycles. The first kappa shape index (κ1) is 15.1. The van der Waals surface area contributed by atoms with E-state index in [4.69, 9.17) is 5.73 Å². The number of aromatic nitrogens is 2. The Hall–Kier alpha value is -0.920. The van der Waals surface area contributed by atoms with E-state index in [9.17, 15) is 8.42 Å². The molecule has 0 bridgehead atoms. The van der Waals surface area contributed by atoms with E-state index in [0.717, 1.165) is 0 Å². The van der Waals surface area contributed by atoms with E-state index in [1.54, 1.807) is 6.92 Å². The summed E-state index contributed by atoms with van der Waals surface area (Å²) >= 11 is 0. The second-order valence-corrected chi connectivity index (χ2v) is 6.59. The summed E-state index contributed by atoms with van der Waals surface area (Å²) < 4.78 is 26.8. The van der Waals surface area contributed by atoms with E-state index in [1.165, 1.54) is 0 Å². The van der Waals surface area contributed by atoms with Gasteiger partial charge in [0.1, 0.15) is 0 Å². The second kappa shape index (κ2) is 5.81. The zero-order valence-corrected chi connectivity index (χ0v) is 12.1. The molecule has 1 aromatic heterocycles. The van der Waals surface area contributed by atoms with Crippen molar-refractivity contribution < 1.29 is 8.42 Å². The Morgan fingerprint density at radius 3 is 2.50 bits per heavy atom. The third kappa shape index (κ3) is 3.30. The third-order valence-electron chi connectivity index (χ3n) is 3.23. The molecule has 1 rings (SSSR count). The lowest BCUT2D eigenvalue weighted by atomic mass is 9.99. The number of nitrogens with zero attached hydrogens (tertiary/aromatic N) is 1. The highest BCUT2D eigenvalue weighted by atomic mass is 32.2. The van der Waals surface area contributed by atoms with Gasteiger partial charge in [0.2, 0.25) is 0 Å². The van der Waals surface area contributed by atoms with Crippen molar-refractivity contribution in [3.63, 3.8) is 0 Å². The van der Waals surface area contributed by atoms with Crippen LogP contribution in [0.1, 0.15) is 32.0 Å². The van der Waals surface area contributed by atoms with Crippen LogP contribution in [0.2, 0.25) is 0 Å². The summed E-state index contributed by atoms with van der Waals surface area (Å²) in [6.07, 6.45) is 0. The van der Waals surface area contributed by atoms with Crippen molar-refractivity contribution in [3.05, 3.63) is 11.3 Å². The Morgan fingerprint density at radius 2 is 2.00 bits per heavy atom. The van der Waals surface area contributed by atoms with Crippen LogP contribution in [0, 0.1) is 18.8 Å². The maximum Gasteiger partial charge on any atom is 0.260 e. The van der Waals surface area contributed by atoms with Crippen LogP contribution in [0.3, 0.4) is 0 Å². The number of H-pyrrole nitrogens is 1. The van der Waals surface area contributed by atoms with Crippen molar-refractivity contribution in [1.29, 1.82) is 0 Å². The van der Waals surface area contributed by atoms with Crippen LogP contribution in [-0.2, 0) is 16.6 Å². The minimum Gasteiger partial charge on any atom is -0.326 e. The van der Waals surface area contributed by atoms with Gasteiger partial charge in [0.15, 0.2) is 5.03 Å². The smallest absolute Gasteiger partial charge is 0.260 e. The zero-order valence-electron chi connectivity index (χ0n) is 11.3. The van der Waals surface area contributed by atoms with Gasteiger partial charge in [-0.1, -0.05) is 20.8 Å². The fourth-order valence-corrected chi connectivity index (χ4v) is 2.78. The minimum absolute atomic E-state index is 0.0125. The van der Waals surface area contributed by atoms with Crippen LogP contribution in [0.5, 0.6) is 0 Å². The first-order valence-corrected chi connectivity index (χ1v) is 7.51. The average molecular weight is 274 g/mol. The molecule has 0 aliphatic rings. The normalized spacial score (nSPS) is 14.1. The molecular formula is C11H22N4O2S. The highest BCUT2D eigenvalue weighted by molar-refractivity contribution is 7.89. The maximum atomic E-state index is 12.1. The monoisotopic (exact) mass is 274 g/mol. The highest BCUT2D eigenvalue weighted by Crippen LogP contribution is 2.16. The van der Waals surface area contributed by atoms with Gasteiger partial charge in [-0.15, -0.1) is 0 Å². The fourth-order valence-electron chi connectivity index (χ4n) is 1.44. The van der Waals surface area contributed by atoms with E-state index < -0.39 is 10.0 Å². The molecule has 1 atom stereocenters. The van der Waals surface area contributed by atoms with Gasteiger partial charge in [-0.3, -0.25) is 5.10 Å². The number of aromatic amines is 1. The van der Waals surface area contributed by atoms with E-state index in [2.05, 4.69) is 28.8 Å². The van der Waals surface area contributed by atoms with Gasteiger partial charge < -0.3 is 5.73 Å². The Kier molecular flexibility index (Phi) is 4.89. The standard InChI is InChI=1S/C11H22N4O2S/c1-7(2)8(3)6-13-18(16,17)11-10(5-12)9(4)14-15-11/h7-8,13H,5-6,12H2,1-4H3,(H,14,15). The summed E-state index contributed by atoms with van der Waals surface area (Å²) in [5.74, 6) is 0.684. The molecule has 104 valence electrons. The molecule has 0 aliphatic heterocycles. The van der Waals surface area contributed by atoms with E-state index >= 15 is 0 Å². The van der Waals surface area contributed by atoms with Crippen molar-refractivity contribution in [3.8, 4) is 0 Å². The third-order valence-corrected chi connectivity index (χ3v) is 4.62. The largest absolute Gasteiger partial charge is 0.326 e. The molecule has 1 aromatic rings. The molecule has 18 heavy (non-hydrogen) atoms. The molecule has 0 aliphatic carbocycles. The number of hydrogen-bond acceptors (Lipinski definition) is 4. The summed E-state index contributed by atoms with van der Waals surface area (Å²) in [6, 6.07) is 0. The van der Waals surface area contributed by atoms with Crippen molar-refractivity contribution in [2.45, 2.75) is 39.3 Å². The van der Waals surface area contributed by atoms with Gasteiger partial charge >= 0.3 is 0 Å². The molecule has 1 unspecified atom stereocenters. The highest BCUT2D eigenvalue weighted by Gasteiger charge is 2.23. The van der Waals surface area contributed by atoms with Gasteiger partial charge in [-0.25, -0.2) is 13.1 Å². The Labute approximate surface area is 108 Å². The topological polar surface area (TPSA) is 101 Å². The number of nitrogens with two attached hydrogens (primary N) is 1. The van der Waals surface area contributed by atoms with Gasteiger partial charge in [0, 0.05) is 24.3 Å². The van der Waals surface area contributed by atoms with Crippen LogP contribution < -0.4 is 10.5 Å². The molecule has 0 saturated heterocycles. The molecule has 6 nitrogen and oxygen atoms in total. The zero-order chi connectivity index (χ0) is 13.9. The lowest BCUT2D eigenvalue weighted by molar-refractivity contribution is 0.414. The molecule has 0 amide bonds. The lowest BCUT2D eigenvalue weighted by Gasteiger charge is -2.15. The summed E-state index contributed by atoms with van der Waals surface area (Å²) in [6.45, 7) is 8.43. The van der Waals surface area contributed by atoms with Crippen LogP contribution in [0.25, 0.3) is 0 Å². The quantitative estimate of drug-likeness (QED) is 0.712. The molecule has 1 heterocycles. The molecule has 0 fully saturated rings. The first-order valence-electron chi connectivity index (χ1n) is 6.03. The molecule has 0 saturated carbocycles. The SMILES string of the molecule is Cc1[nH]nc(S(=O)(=O)NCC(C)C(C)C)c1CN. The molecule has 7 heteroatoms. The van der Waals surface area contributed by atoms with E-state index in [1.807, 2.05) is 6.92 Å². The maximum absolute atomic E-state index is 12.1. The molecule has 4 N–H and O–H groups in total. The van der Waals surface area contributed by atoms with Crippen LogP contribution >= 0.6 is 0 Å². The summed E-state index contributed by atoms with van der Waals surface area (Å²) in [4.78, 5) is 0. The summed E-state index contributed by atoms with van der Waals surface area (Å²) in [7, 11) is -3.58.